The van der Waals surface area contributed by atoms with Gasteiger partial charge in [-0.05, 0) is 59.6 Å². The lowest BCUT2D eigenvalue weighted by molar-refractivity contribution is -0.132. The summed E-state index contributed by atoms with van der Waals surface area (Å²) in [5.41, 5.74) is 6.52. The van der Waals surface area contributed by atoms with Gasteiger partial charge in [0.2, 0.25) is 0 Å². The molecule has 3 heteroatoms. The van der Waals surface area contributed by atoms with E-state index < -0.39 is 5.97 Å². The summed E-state index contributed by atoms with van der Waals surface area (Å²) in [5.74, 6) is 0.998. The highest BCUT2D eigenvalue weighted by molar-refractivity contribution is 5.93. The van der Waals surface area contributed by atoms with Crippen LogP contribution in [0.3, 0.4) is 0 Å². The standard InChI is InChI=1S/C24H26O3/c1-15-9-10-24(3,4)22-11-16(2)19(13-20(15)22)21(23(26)27)12-17-5-7-18(14-25)8-6-17/h5-7,11-13,16H,8-10H2,1-4H3,(H,26,27). The van der Waals surface area contributed by atoms with Gasteiger partial charge in [-0.2, -0.15) is 0 Å². The third kappa shape index (κ3) is 3.74. The highest BCUT2D eigenvalue weighted by Crippen LogP contribution is 2.48. The number of rotatable bonds is 3. The van der Waals surface area contributed by atoms with Crippen LogP contribution < -0.4 is 0 Å². The van der Waals surface area contributed by atoms with E-state index in [-0.39, 0.29) is 11.3 Å². The number of carboxylic acid groups (broad SMARTS) is 1. The van der Waals surface area contributed by atoms with Gasteiger partial charge in [-0.15, -0.1) is 0 Å². The molecular formula is C24H26O3. The Morgan fingerprint density at radius 3 is 2.67 bits per heavy atom. The second-order valence-corrected chi connectivity index (χ2v) is 8.28. The summed E-state index contributed by atoms with van der Waals surface area (Å²) < 4.78 is 0. The van der Waals surface area contributed by atoms with Crippen LogP contribution in [0.5, 0.6) is 0 Å². The van der Waals surface area contributed by atoms with Crippen molar-refractivity contribution in [2.75, 3.05) is 0 Å². The summed E-state index contributed by atoms with van der Waals surface area (Å²) in [5, 5.41) is 9.87. The molecule has 1 atom stereocenters. The molecule has 1 N–H and O–H groups in total. The fourth-order valence-electron chi connectivity index (χ4n) is 4.01. The Kier molecular flexibility index (Phi) is 5.08. The van der Waals surface area contributed by atoms with E-state index in [4.69, 9.17) is 0 Å². The third-order valence-corrected chi connectivity index (χ3v) is 5.83. The monoisotopic (exact) mass is 362 g/mol. The van der Waals surface area contributed by atoms with Crippen molar-refractivity contribution >= 4 is 11.9 Å². The number of hydrogen-bond acceptors (Lipinski definition) is 2. The Morgan fingerprint density at radius 2 is 2.07 bits per heavy atom. The Bertz CT molecular complexity index is 923. The second kappa shape index (κ2) is 7.17. The van der Waals surface area contributed by atoms with Crippen molar-refractivity contribution in [3.8, 4) is 0 Å². The van der Waals surface area contributed by atoms with E-state index >= 15 is 0 Å². The number of hydrogen-bond donors (Lipinski definition) is 1. The SMILES string of the molecule is CC1=C2C=C(C(=CC3=CCC(=C=O)C=C3)C(=O)O)C(C)C=C2C(C)(C)CC1. The summed E-state index contributed by atoms with van der Waals surface area (Å²) in [6.07, 6.45) is 14.0. The molecule has 27 heavy (non-hydrogen) atoms. The largest absolute Gasteiger partial charge is 0.478 e. The van der Waals surface area contributed by atoms with Gasteiger partial charge in [-0.1, -0.05) is 50.6 Å². The number of aliphatic carboxylic acids is 1. The average Bonchev–Trinajstić information content (AvgIpc) is 2.63. The summed E-state index contributed by atoms with van der Waals surface area (Å²) in [6, 6.07) is 0. The molecule has 0 aliphatic heterocycles. The van der Waals surface area contributed by atoms with Gasteiger partial charge in [-0.3, -0.25) is 0 Å². The van der Waals surface area contributed by atoms with E-state index in [9.17, 15) is 14.7 Å². The number of carboxylic acids is 1. The van der Waals surface area contributed by atoms with Crippen molar-refractivity contribution in [3.05, 3.63) is 75.5 Å². The number of carbonyl (C=O) groups is 1. The Labute approximate surface area is 160 Å². The molecule has 0 saturated heterocycles. The predicted octanol–water partition coefficient (Wildman–Crippen LogP) is 5.28. The molecule has 3 aliphatic carbocycles. The third-order valence-electron chi connectivity index (χ3n) is 5.83. The number of allylic oxidation sites excluding steroid dienone is 11. The van der Waals surface area contributed by atoms with Crippen LogP contribution in [-0.2, 0) is 9.59 Å². The van der Waals surface area contributed by atoms with Gasteiger partial charge in [0.05, 0.1) is 5.57 Å². The molecular weight excluding hydrogens is 336 g/mol. The van der Waals surface area contributed by atoms with Crippen molar-refractivity contribution in [1.82, 2.24) is 0 Å². The van der Waals surface area contributed by atoms with Gasteiger partial charge in [0.25, 0.3) is 0 Å². The van der Waals surface area contributed by atoms with Crippen LogP contribution in [-0.4, -0.2) is 17.0 Å². The fourth-order valence-corrected chi connectivity index (χ4v) is 4.01. The van der Waals surface area contributed by atoms with Crippen molar-refractivity contribution in [1.29, 1.82) is 0 Å². The predicted molar refractivity (Wildman–Crippen MR) is 108 cm³/mol. The molecule has 3 rings (SSSR count). The number of fused-ring (bicyclic) bond motifs is 1. The topological polar surface area (TPSA) is 54.4 Å². The van der Waals surface area contributed by atoms with E-state index in [0.29, 0.717) is 17.6 Å². The fraction of sp³-hybridized carbons (Fsp3) is 0.375. The van der Waals surface area contributed by atoms with Gasteiger partial charge < -0.3 is 5.11 Å². The van der Waals surface area contributed by atoms with Crippen LogP contribution in [0.2, 0.25) is 0 Å². The van der Waals surface area contributed by atoms with Crippen molar-refractivity contribution in [2.24, 2.45) is 11.3 Å². The maximum Gasteiger partial charge on any atom is 0.336 e. The molecule has 0 radical (unpaired) electrons. The molecule has 0 fully saturated rings. The summed E-state index contributed by atoms with van der Waals surface area (Å²) in [6.45, 7) is 8.73. The second-order valence-electron chi connectivity index (χ2n) is 8.28. The molecule has 0 bridgehead atoms. The molecule has 0 amide bonds. The molecule has 0 saturated carbocycles. The van der Waals surface area contributed by atoms with Gasteiger partial charge in [0, 0.05) is 17.9 Å². The van der Waals surface area contributed by atoms with Gasteiger partial charge in [0.1, 0.15) is 5.94 Å². The van der Waals surface area contributed by atoms with Crippen LogP contribution in [0, 0.1) is 11.3 Å². The van der Waals surface area contributed by atoms with Gasteiger partial charge in [-0.25, -0.2) is 9.59 Å². The van der Waals surface area contributed by atoms with E-state index in [1.165, 1.54) is 16.7 Å². The van der Waals surface area contributed by atoms with Crippen LogP contribution >= 0.6 is 0 Å². The lowest BCUT2D eigenvalue weighted by Gasteiger charge is -2.38. The van der Waals surface area contributed by atoms with Gasteiger partial charge >= 0.3 is 5.97 Å². The zero-order chi connectivity index (χ0) is 19.8. The highest BCUT2D eigenvalue weighted by atomic mass is 16.4. The molecule has 0 aromatic heterocycles. The van der Waals surface area contributed by atoms with E-state index in [2.05, 4.69) is 39.8 Å². The van der Waals surface area contributed by atoms with Crippen molar-refractivity contribution in [2.45, 2.75) is 47.0 Å². The molecule has 0 spiro atoms. The van der Waals surface area contributed by atoms with E-state index in [1.54, 1.807) is 18.2 Å². The van der Waals surface area contributed by atoms with E-state index in [1.807, 2.05) is 12.0 Å². The molecule has 1 unspecified atom stereocenters. The minimum absolute atomic E-state index is 0.0369. The maximum atomic E-state index is 12.0. The Hall–Kier alpha value is -2.64. The molecule has 0 heterocycles. The summed E-state index contributed by atoms with van der Waals surface area (Å²) in [4.78, 5) is 22.8. The maximum absolute atomic E-state index is 12.0. The average molecular weight is 362 g/mol. The normalized spacial score (nSPS) is 24.6. The quantitative estimate of drug-likeness (QED) is 0.549. The Morgan fingerprint density at radius 1 is 1.33 bits per heavy atom. The van der Waals surface area contributed by atoms with Crippen LogP contribution in [0.25, 0.3) is 0 Å². The first-order valence-electron chi connectivity index (χ1n) is 9.44. The molecule has 3 aliphatic rings. The van der Waals surface area contributed by atoms with Crippen molar-refractivity contribution < 1.29 is 14.7 Å². The van der Waals surface area contributed by atoms with Crippen LogP contribution in [0.4, 0.5) is 0 Å². The first-order valence-corrected chi connectivity index (χ1v) is 9.44. The summed E-state index contributed by atoms with van der Waals surface area (Å²) >= 11 is 0. The minimum atomic E-state index is -0.927. The van der Waals surface area contributed by atoms with Gasteiger partial charge in [0.15, 0.2) is 0 Å². The molecule has 0 aromatic carbocycles. The number of carbonyl (C=O) groups excluding carboxylic acids is 1. The summed E-state index contributed by atoms with van der Waals surface area (Å²) in [7, 11) is 0. The first kappa shape index (κ1) is 19.1. The minimum Gasteiger partial charge on any atom is -0.478 e. The van der Waals surface area contributed by atoms with Crippen LogP contribution in [0.1, 0.15) is 47.0 Å². The Balaban J connectivity index is 2.04. The molecule has 0 aromatic rings. The highest BCUT2D eigenvalue weighted by Gasteiger charge is 2.34. The lowest BCUT2D eigenvalue weighted by atomic mass is 9.66. The van der Waals surface area contributed by atoms with Crippen molar-refractivity contribution in [3.63, 3.8) is 0 Å². The van der Waals surface area contributed by atoms with Crippen LogP contribution in [0.15, 0.2) is 75.5 Å². The molecule has 3 nitrogen and oxygen atoms in total. The zero-order valence-corrected chi connectivity index (χ0v) is 16.4. The molecule has 140 valence electrons. The smallest absolute Gasteiger partial charge is 0.336 e. The lowest BCUT2D eigenvalue weighted by Crippen LogP contribution is -2.25. The first-order chi connectivity index (χ1) is 12.7. The zero-order valence-electron chi connectivity index (χ0n) is 16.4. The van der Waals surface area contributed by atoms with E-state index in [0.717, 1.165) is 24.0 Å².